The Morgan fingerprint density at radius 1 is 1.17 bits per heavy atom. The second-order valence-electron chi connectivity index (χ2n) is 3.74. The van der Waals surface area contributed by atoms with Gasteiger partial charge >= 0.3 is 0 Å². The summed E-state index contributed by atoms with van der Waals surface area (Å²) in [7, 11) is 0. The predicted molar refractivity (Wildman–Crippen MR) is 74.8 cm³/mol. The van der Waals surface area contributed by atoms with Crippen LogP contribution >= 0.6 is 23.4 Å². The van der Waals surface area contributed by atoms with Crippen LogP contribution in [0.3, 0.4) is 0 Å². The van der Waals surface area contributed by atoms with Crippen LogP contribution in [-0.2, 0) is 0 Å². The summed E-state index contributed by atoms with van der Waals surface area (Å²) < 4.78 is 5.84. The van der Waals surface area contributed by atoms with Crippen molar-refractivity contribution in [2.45, 2.75) is 18.7 Å². The number of thioether (sulfide) groups is 1. The average Bonchev–Trinajstić information content (AvgIpc) is 2.36. The Labute approximate surface area is 116 Å². The van der Waals surface area contributed by atoms with Crippen molar-refractivity contribution in [2.75, 3.05) is 6.26 Å². The SMILES string of the molecule is CSc1ccccc1Oc1nc(C)nc(Cl)c1C. The maximum absolute atomic E-state index is 6.02. The largest absolute Gasteiger partial charge is 0.437 e. The molecule has 3 nitrogen and oxygen atoms in total. The lowest BCUT2D eigenvalue weighted by Gasteiger charge is -2.11. The van der Waals surface area contributed by atoms with Crippen molar-refractivity contribution in [3.63, 3.8) is 0 Å². The third-order valence-corrected chi connectivity index (χ3v) is 3.57. The Bertz CT molecular complexity index is 575. The highest BCUT2D eigenvalue weighted by Gasteiger charge is 2.11. The van der Waals surface area contributed by atoms with Crippen molar-refractivity contribution in [1.29, 1.82) is 0 Å². The number of aryl methyl sites for hydroxylation is 1. The van der Waals surface area contributed by atoms with E-state index in [-0.39, 0.29) is 0 Å². The van der Waals surface area contributed by atoms with Gasteiger partial charge in [0, 0.05) is 10.5 Å². The molecular formula is C13H13ClN2OS. The Morgan fingerprint density at radius 2 is 1.89 bits per heavy atom. The molecule has 0 atom stereocenters. The molecule has 94 valence electrons. The first-order chi connectivity index (χ1) is 8.61. The maximum atomic E-state index is 6.02. The van der Waals surface area contributed by atoms with Crippen LogP contribution in [0.2, 0.25) is 5.15 Å². The lowest BCUT2D eigenvalue weighted by molar-refractivity contribution is 0.445. The fraction of sp³-hybridized carbons (Fsp3) is 0.231. The first-order valence-corrected chi connectivity index (χ1v) is 7.03. The van der Waals surface area contributed by atoms with Crippen molar-refractivity contribution >= 4 is 23.4 Å². The summed E-state index contributed by atoms with van der Waals surface area (Å²) in [4.78, 5) is 9.42. The molecule has 0 aliphatic carbocycles. The van der Waals surface area contributed by atoms with E-state index < -0.39 is 0 Å². The Hall–Kier alpha value is -1.26. The van der Waals surface area contributed by atoms with Gasteiger partial charge in [0.1, 0.15) is 16.7 Å². The second kappa shape index (κ2) is 5.59. The summed E-state index contributed by atoms with van der Waals surface area (Å²) in [5.74, 6) is 1.89. The summed E-state index contributed by atoms with van der Waals surface area (Å²) in [5, 5.41) is 0.430. The van der Waals surface area contributed by atoms with Crippen LogP contribution in [0.4, 0.5) is 0 Å². The number of para-hydroxylation sites is 1. The molecule has 0 aliphatic rings. The zero-order valence-corrected chi connectivity index (χ0v) is 12.0. The van der Waals surface area contributed by atoms with E-state index in [4.69, 9.17) is 16.3 Å². The van der Waals surface area contributed by atoms with Gasteiger partial charge in [-0.15, -0.1) is 11.8 Å². The number of ether oxygens (including phenoxy) is 1. The smallest absolute Gasteiger partial charge is 0.227 e. The van der Waals surface area contributed by atoms with E-state index in [0.29, 0.717) is 16.9 Å². The summed E-state index contributed by atoms with van der Waals surface area (Å²) in [6.07, 6.45) is 2.01. The van der Waals surface area contributed by atoms with Gasteiger partial charge in [-0.3, -0.25) is 0 Å². The fourth-order valence-electron chi connectivity index (χ4n) is 1.48. The zero-order chi connectivity index (χ0) is 13.1. The van der Waals surface area contributed by atoms with Crippen LogP contribution in [0.5, 0.6) is 11.6 Å². The van der Waals surface area contributed by atoms with Crippen molar-refractivity contribution in [3.05, 3.63) is 40.8 Å². The third-order valence-electron chi connectivity index (χ3n) is 2.43. The highest BCUT2D eigenvalue weighted by Crippen LogP contribution is 2.32. The first kappa shape index (κ1) is 13.2. The van der Waals surface area contributed by atoms with Crippen molar-refractivity contribution in [1.82, 2.24) is 9.97 Å². The monoisotopic (exact) mass is 280 g/mol. The molecule has 5 heteroatoms. The number of nitrogens with zero attached hydrogens (tertiary/aromatic N) is 2. The third kappa shape index (κ3) is 2.76. The number of aromatic nitrogens is 2. The molecule has 0 aliphatic heterocycles. The first-order valence-electron chi connectivity index (χ1n) is 5.43. The highest BCUT2D eigenvalue weighted by molar-refractivity contribution is 7.98. The Kier molecular flexibility index (Phi) is 4.09. The predicted octanol–water partition coefficient (Wildman–Crippen LogP) is 4.26. The lowest BCUT2D eigenvalue weighted by Crippen LogP contribution is -1.98. The molecule has 0 saturated heterocycles. The molecule has 0 radical (unpaired) electrons. The molecule has 1 aromatic heterocycles. The van der Waals surface area contributed by atoms with Gasteiger partial charge in [0.15, 0.2) is 0 Å². The van der Waals surface area contributed by atoms with E-state index in [1.165, 1.54) is 0 Å². The molecule has 0 fully saturated rings. The molecule has 18 heavy (non-hydrogen) atoms. The molecule has 0 bridgehead atoms. The summed E-state index contributed by atoms with van der Waals surface area (Å²) in [5.41, 5.74) is 0.748. The number of benzene rings is 1. The molecule has 0 amide bonds. The van der Waals surface area contributed by atoms with Crippen molar-refractivity contribution < 1.29 is 4.74 Å². The Balaban J connectivity index is 2.40. The van der Waals surface area contributed by atoms with E-state index in [0.717, 1.165) is 16.2 Å². The fourth-order valence-corrected chi connectivity index (χ4v) is 2.21. The molecule has 0 N–H and O–H groups in total. The van der Waals surface area contributed by atoms with Gasteiger partial charge in [0.2, 0.25) is 5.88 Å². The molecule has 1 aromatic carbocycles. The summed E-state index contributed by atoms with van der Waals surface area (Å²) in [6, 6.07) is 7.82. The van der Waals surface area contributed by atoms with Gasteiger partial charge in [0.05, 0.1) is 0 Å². The Morgan fingerprint density at radius 3 is 2.61 bits per heavy atom. The van der Waals surface area contributed by atoms with E-state index >= 15 is 0 Å². The number of halogens is 1. The van der Waals surface area contributed by atoms with Gasteiger partial charge in [-0.05, 0) is 32.2 Å². The number of hydrogen-bond donors (Lipinski definition) is 0. The summed E-state index contributed by atoms with van der Waals surface area (Å²) in [6.45, 7) is 3.64. The highest BCUT2D eigenvalue weighted by atomic mass is 35.5. The molecule has 1 heterocycles. The normalized spacial score (nSPS) is 10.4. The number of rotatable bonds is 3. The van der Waals surface area contributed by atoms with Gasteiger partial charge in [0.25, 0.3) is 0 Å². The van der Waals surface area contributed by atoms with Gasteiger partial charge in [-0.1, -0.05) is 23.7 Å². The van der Waals surface area contributed by atoms with Crippen LogP contribution in [-0.4, -0.2) is 16.2 Å². The topological polar surface area (TPSA) is 35.0 Å². The van der Waals surface area contributed by atoms with Crippen LogP contribution in [0.15, 0.2) is 29.2 Å². The standard InChI is InChI=1S/C13H13ClN2OS/c1-8-12(14)15-9(2)16-13(8)17-10-6-4-5-7-11(10)18-3/h4-7H,1-3H3. The lowest BCUT2D eigenvalue weighted by atomic mass is 10.3. The van der Waals surface area contributed by atoms with E-state index in [9.17, 15) is 0 Å². The second-order valence-corrected chi connectivity index (χ2v) is 4.95. The van der Waals surface area contributed by atoms with Gasteiger partial charge in [-0.25, -0.2) is 4.98 Å². The molecule has 0 spiro atoms. The minimum absolute atomic E-state index is 0.430. The van der Waals surface area contributed by atoms with Crippen molar-refractivity contribution in [2.24, 2.45) is 0 Å². The molecule has 0 unspecified atom stereocenters. The van der Waals surface area contributed by atoms with Crippen LogP contribution in [0.1, 0.15) is 11.4 Å². The zero-order valence-electron chi connectivity index (χ0n) is 10.4. The minimum Gasteiger partial charge on any atom is -0.437 e. The van der Waals surface area contributed by atoms with Crippen LogP contribution < -0.4 is 4.74 Å². The van der Waals surface area contributed by atoms with E-state index in [1.807, 2.05) is 37.4 Å². The van der Waals surface area contributed by atoms with E-state index in [2.05, 4.69) is 9.97 Å². The maximum Gasteiger partial charge on any atom is 0.227 e. The van der Waals surface area contributed by atoms with Crippen LogP contribution in [0, 0.1) is 13.8 Å². The van der Waals surface area contributed by atoms with Gasteiger partial charge in [-0.2, -0.15) is 4.98 Å². The average molecular weight is 281 g/mol. The quantitative estimate of drug-likeness (QED) is 0.621. The molecule has 2 rings (SSSR count). The van der Waals surface area contributed by atoms with Gasteiger partial charge < -0.3 is 4.74 Å². The number of hydrogen-bond acceptors (Lipinski definition) is 4. The molecular weight excluding hydrogens is 268 g/mol. The van der Waals surface area contributed by atoms with Crippen LogP contribution in [0.25, 0.3) is 0 Å². The molecule has 0 saturated carbocycles. The summed E-state index contributed by atoms with van der Waals surface area (Å²) >= 11 is 7.65. The van der Waals surface area contributed by atoms with E-state index in [1.54, 1.807) is 18.7 Å². The minimum atomic E-state index is 0.430. The van der Waals surface area contributed by atoms with Crippen molar-refractivity contribution in [3.8, 4) is 11.6 Å². The molecule has 2 aromatic rings.